The van der Waals surface area contributed by atoms with Crippen LogP contribution >= 0.6 is 27.5 Å². The molecular formula is C11H5BrClFN4. The first-order valence-electron chi connectivity index (χ1n) is 4.74. The van der Waals surface area contributed by atoms with Crippen molar-refractivity contribution in [1.29, 1.82) is 5.26 Å². The second-order valence-corrected chi connectivity index (χ2v) is 4.52. The van der Waals surface area contributed by atoms with Crippen LogP contribution in [0, 0.1) is 17.1 Å². The third kappa shape index (κ3) is 2.58. The summed E-state index contributed by atoms with van der Waals surface area (Å²) in [6.07, 6.45) is 1.20. The molecule has 90 valence electrons. The summed E-state index contributed by atoms with van der Waals surface area (Å²) in [6.45, 7) is 0. The summed E-state index contributed by atoms with van der Waals surface area (Å²) in [5.41, 5.74) is 0.269. The van der Waals surface area contributed by atoms with Gasteiger partial charge in [-0.3, -0.25) is 0 Å². The van der Waals surface area contributed by atoms with E-state index in [0.717, 1.165) is 0 Å². The van der Waals surface area contributed by atoms with Crippen molar-refractivity contribution in [2.45, 2.75) is 0 Å². The molecule has 4 nitrogen and oxygen atoms in total. The van der Waals surface area contributed by atoms with Crippen molar-refractivity contribution in [3.63, 3.8) is 0 Å². The first-order chi connectivity index (χ1) is 8.61. The predicted molar refractivity (Wildman–Crippen MR) is 69.1 cm³/mol. The van der Waals surface area contributed by atoms with E-state index < -0.39 is 5.82 Å². The van der Waals surface area contributed by atoms with Crippen molar-refractivity contribution in [2.75, 3.05) is 5.32 Å². The van der Waals surface area contributed by atoms with Crippen LogP contribution in [-0.4, -0.2) is 9.97 Å². The number of hydrogen-bond acceptors (Lipinski definition) is 4. The van der Waals surface area contributed by atoms with Gasteiger partial charge in [0.15, 0.2) is 11.0 Å². The molecular weight excluding hydrogens is 323 g/mol. The first kappa shape index (κ1) is 12.7. The maximum Gasteiger partial charge on any atom is 0.153 e. The molecule has 0 aliphatic rings. The summed E-state index contributed by atoms with van der Waals surface area (Å²) >= 11 is 8.90. The molecule has 0 fully saturated rings. The third-order valence-electron chi connectivity index (χ3n) is 2.10. The molecule has 1 N–H and O–H groups in total. The molecule has 0 saturated carbocycles. The van der Waals surface area contributed by atoms with E-state index in [4.69, 9.17) is 16.9 Å². The van der Waals surface area contributed by atoms with Gasteiger partial charge in [0, 0.05) is 4.47 Å². The van der Waals surface area contributed by atoms with Gasteiger partial charge in [-0.15, -0.1) is 0 Å². The Labute approximate surface area is 116 Å². The van der Waals surface area contributed by atoms with Crippen LogP contribution in [0.5, 0.6) is 0 Å². The van der Waals surface area contributed by atoms with Crippen LogP contribution in [-0.2, 0) is 0 Å². The van der Waals surface area contributed by atoms with Gasteiger partial charge < -0.3 is 5.32 Å². The Kier molecular flexibility index (Phi) is 3.75. The van der Waals surface area contributed by atoms with Crippen LogP contribution in [0.2, 0.25) is 5.15 Å². The van der Waals surface area contributed by atoms with Crippen molar-refractivity contribution < 1.29 is 4.39 Å². The molecule has 0 atom stereocenters. The number of benzene rings is 1. The third-order valence-corrected chi connectivity index (χ3v) is 2.88. The first-order valence-corrected chi connectivity index (χ1v) is 5.91. The van der Waals surface area contributed by atoms with Crippen molar-refractivity contribution in [3.05, 3.63) is 45.5 Å². The molecule has 0 saturated heterocycles. The topological polar surface area (TPSA) is 61.6 Å². The summed E-state index contributed by atoms with van der Waals surface area (Å²) in [5, 5.41) is 11.7. The van der Waals surface area contributed by atoms with Crippen molar-refractivity contribution in [1.82, 2.24) is 9.97 Å². The van der Waals surface area contributed by atoms with Gasteiger partial charge in [-0.25, -0.2) is 14.4 Å². The van der Waals surface area contributed by atoms with Crippen LogP contribution in [0.1, 0.15) is 5.56 Å². The largest absolute Gasteiger partial charge is 0.337 e. The van der Waals surface area contributed by atoms with E-state index in [-0.39, 0.29) is 22.2 Å². The van der Waals surface area contributed by atoms with E-state index in [1.165, 1.54) is 18.5 Å². The van der Waals surface area contributed by atoms with E-state index in [2.05, 4.69) is 31.2 Å². The standard InChI is InChI=1S/C11H5BrClFN4/c12-6-1-2-9(8(14)3-6)18-11-7(4-15)10(13)16-5-17-11/h1-3,5H,(H,16,17,18). The molecule has 7 heteroatoms. The molecule has 0 bridgehead atoms. The highest BCUT2D eigenvalue weighted by atomic mass is 79.9. The minimum Gasteiger partial charge on any atom is -0.337 e. The summed E-state index contributed by atoms with van der Waals surface area (Å²) in [4.78, 5) is 7.54. The smallest absolute Gasteiger partial charge is 0.153 e. The van der Waals surface area contributed by atoms with Gasteiger partial charge >= 0.3 is 0 Å². The van der Waals surface area contributed by atoms with E-state index in [0.29, 0.717) is 4.47 Å². The number of halogens is 3. The van der Waals surface area contributed by atoms with Gasteiger partial charge in [0.2, 0.25) is 0 Å². The number of aromatic nitrogens is 2. The Morgan fingerprint density at radius 3 is 2.83 bits per heavy atom. The molecule has 0 spiro atoms. The Morgan fingerprint density at radius 2 is 2.17 bits per heavy atom. The van der Waals surface area contributed by atoms with Crippen LogP contribution in [0.25, 0.3) is 0 Å². The zero-order valence-electron chi connectivity index (χ0n) is 8.78. The molecule has 0 aliphatic heterocycles. The number of nitrogens with zero attached hydrogens (tertiary/aromatic N) is 3. The summed E-state index contributed by atoms with van der Waals surface area (Å²) in [7, 11) is 0. The highest BCUT2D eigenvalue weighted by Crippen LogP contribution is 2.25. The minimum absolute atomic E-state index is 0.0209. The quantitative estimate of drug-likeness (QED) is 0.855. The Morgan fingerprint density at radius 1 is 1.39 bits per heavy atom. The Hall–Kier alpha value is -1.71. The molecule has 0 aliphatic carbocycles. The SMILES string of the molecule is N#Cc1c(Cl)ncnc1Nc1ccc(Br)cc1F. The molecule has 1 aromatic heterocycles. The van der Waals surface area contributed by atoms with Gasteiger partial charge in [-0.2, -0.15) is 5.26 Å². The van der Waals surface area contributed by atoms with Crippen molar-refractivity contribution in [2.24, 2.45) is 0 Å². The second-order valence-electron chi connectivity index (χ2n) is 3.25. The number of nitriles is 1. The second kappa shape index (κ2) is 5.29. The van der Waals surface area contributed by atoms with E-state index in [1.807, 2.05) is 6.07 Å². The summed E-state index contributed by atoms with van der Waals surface area (Å²) in [6, 6.07) is 6.36. The maximum absolute atomic E-state index is 13.6. The van der Waals surface area contributed by atoms with Crippen molar-refractivity contribution >= 4 is 39.0 Å². The maximum atomic E-state index is 13.6. The normalized spacial score (nSPS) is 9.89. The minimum atomic E-state index is -0.469. The lowest BCUT2D eigenvalue weighted by Gasteiger charge is -2.08. The summed E-state index contributed by atoms with van der Waals surface area (Å²) < 4.78 is 14.2. The molecule has 1 aromatic carbocycles. The lowest BCUT2D eigenvalue weighted by Crippen LogP contribution is -2.00. The summed E-state index contributed by atoms with van der Waals surface area (Å²) in [5.74, 6) is -0.304. The van der Waals surface area contributed by atoms with Crippen LogP contribution in [0.4, 0.5) is 15.9 Å². The Bertz CT molecular complexity index is 641. The predicted octanol–water partition coefficient (Wildman–Crippen LogP) is 3.65. The van der Waals surface area contributed by atoms with Gasteiger partial charge in [-0.05, 0) is 18.2 Å². The highest BCUT2D eigenvalue weighted by molar-refractivity contribution is 9.10. The van der Waals surface area contributed by atoms with Crippen LogP contribution in [0.3, 0.4) is 0 Å². The molecule has 1 heterocycles. The molecule has 0 unspecified atom stereocenters. The fraction of sp³-hybridized carbons (Fsp3) is 0. The number of anilines is 2. The number of rotatable bonds is 2. The van der Waals surface area contributed by atoms with E-state index in [1.54, 1.807) is 6.07 Å². The van der Waals surface area contributed by atoms with Gasteiger partial charge in [0.1, 0.15) is 23.8 Å². The van der Waals surface area contributed by atoms with E-state index in [9.17, 15) is 4.39 Å². The van der Waals surface area contributed by atoms with Crippen LogP contribution < -0.4 is 5.32 Å². The lowest BCUT2D eigenvalue weighted by atomic mass is 10.3. The van der Waals surface area contributed by atoms with Gasteiger partial charge in [0.25, 0.3) is 0 Å². The molecule has 0 radical (unpaired) electrons. The zero-order chi connectivity index (χ0) is 13.1. The number of hydrogen-bond donors (Lipinski definition) is 1. The molecule has 0 amide bonds. The molecule has 2 aromatic rings. The fourth-order valence-electron chi connectivity index (χ4n) is 1.28. The lowest BCUT2D eigenvalue weighted by molar-refractivity contribution is 0.631. The fourth-order valence-corrected chi connectivity index (χ4v) is 1.78. The molecule has 2 rings (SSSR count). The Balaban J connectivity index is 2.41. The highest BCUT2D eigenvalue weighted by Gasteiger charge is 2.11. The average Bonchev–Trinajstić information content (AvgIpc) is 2.33. The number of nitrogens with one attached hydrogen (secondary N) is 1. The van der Waals surface area contributed by atoms with Gasteiger partial charge in [-0.1, -0.05) is 27.5 Å². The van der Waals surface area contributed by atoms with Crippen LogP contribution in [0.15, 0.2) is 29.0 Å². The zero-order valence-corrected chi connectivity index (χ0v) is 11.1. The average molecular weight is 328 g/mol. The molecule has 18 heavy (non-hydrogen) atoms. The van der Waals surface area contributed by atoms with E-state index >= 15 is 0 Å². The van der Waals surface area contributed by atoms with Gasteiger partial charge in [0.05, 0.1) is 5.69 Å². The van der Waals surface area contributed by atoms with Crippen molar-refractivity contribution in [3.8, 4) is 6.07 Å². The monoisotopic (exact) mass is 326 g/mol.